The summed E-state index contributed by atoms with van der Waals surface area (Å²) in [4.78, 5) is 45.0. The van der Waals surface area contributed by atoms with Crippen molar-refractivity contribution in [3.63, 3.8) is 0 Å². The number of rotatable bonds is 6. The molecule has 6 unspecified atom stereocenters. The average Bonchev–Trinajstić information content (AvgIpc) is 4.18. The van der Waals surface area contributed by atoms with Crippen molar-refractivity contribution >= 4 is 72.5 Å². The van der Waals surface area contributed by atoms with Crippen LogP contribution in [0.3, 0.4) is 0 Å². The number of aromatic nitrogens is 8. The Morgan fingerprint density at radius 1 is 0.493 bits per heavy atom. The molecule has 2 N–H and O–H groups in total. The van der Waals surface area contributed by atoms with Gasteiger partial charge < -0.3 is 19.8 Å². The molecule has 3 aliphatic carbocycles. The highest BCUT2D eigenvalue weighted by Gasteiger charge is 2.54. The Bertz CT molecular complexity index is 3920. The third kappa shape index (κ3) is 6.33. The molecule has 71 heavy (non-hydrogen) atoms. The fourth-order valence-corrected chi connectivity index (χ4v) is 12.7. The van der Waals surface area contributed by atoms with E-state index in [1.165, 1.54) is 32.7 Å². The highest BCUT2D eigenvalue weighted by molar-refractivity contribution is 6.13. The molecule has 0 bridgehead atoms. The van der Waals surface area contributed by atoms with Gasteiger partial charge in [-0.25, -0.2) is 9.97 Å². The van der Waals surface area contributed by atoms with E-state index in [9.17, 15) is 0 Å². The van der Waals surface area contributed by atoms with Gasteiger partial charge in [0.25, 0.3) is 0 Å². The predicted molar refractivity (Wildman–Crippen MR) is 285 cm³/mol. The molecule has 6 aromatic carbocycles. The van der Waals surface area contributed by atoms with Crippen LogP contribution in [-0.2, 0) is 0 Å². The summed E-state index contributed by atoms with van der Waals surface area (Å²) in [5.74, 6) is 4.92. The molecule has 0 amide bonds. The number of benzene rings is 6. The smallest absolute Gasteiger partial charge is 0.234 e. The number of aromatic amines is 2. The Balaban J connectivity index is 0.970. The van der Waals surface area contributed by atoms with Crippen LogP contribution in [-0.4, -0.2) is 52.0 Å². The molecular weight excluding hydrogens is 873 g/mol. The topological polar surface area (TPSA) is 115 Å². The summed E-state index contributed by atoms with van der Waals surface area (Å²) < 4.78 is 0. The Morgan fingerprint density at radius 3 is 1.61 bits per heavy atom. The lowest BCUT2D eigenvalue weighted by atomic mass is 9.71. The lowest BCUT2D eigenvalue weighted by Crippen LogP contribution is -2.44. The van der Waals surface area contributed by atoms with E-state index in [0.29, 0.717) is 35.3 Å². The number of nitrogens with zero attached hydrogens (tertiary/aromatic N) is 8. The van der Waals surface area contributed by atoms with E-state index in [1.54, 1.807) is 0 Å². The molecular formula is C61H48N10. The van der Waals surface area contributed by atoms with Crippen molar-refractivity contribution in [2.75, 3.05) is 9.80 Å². The van der Waals surface area contributed by atoms with E-state index in [1.807, 2.05) is 12.1 Å². The summed E-state index contributed by atoms with van der Waals surface area (Å²) in [6.07, 6.45) is 18.9. The van der Waals surface area contributed by atoms with Crippen molar-refractivity contribution in [1.29, 1.82) is 0 Å². The van der Waals surface area contributed by atoms with Gasteiger partial charge in [-0.15, -0.1) is 0 Å². The number of H-pyrrole nitrogens is 2. The first-order valence-electron chi connectivity index (χ1n) is 25.1. The van der Waals surface area contributed by atoms with Gasteiger partial charge in [0.2, 0.25) is 11.9 Å². The fraction of sp³-hybridized carbons (Fsp3) is 0.180. The number of fused-ring (bicyclic) bond motifs is 14. The Kier molecular flexibility index (Phi) is 8.97. The molecule has 1 fully saturated rings. The normalized spacial score (nSPS) is 22.1. The molecule has 2 aliphatic heterocycles. The SMILES string of the molecule is CC1C=CC(c2nc(-c3ccccc3)nc(N3c4ccc5[nH]c6ccccc6c5c4C4CC5C(CC43)c3c(ccc4[nH]c6ccccc6c34)N5c3nc(-c4ccccc4)nc(C4C=CC=CC4)n3)n2)=CC1. The van der Waals surface area contributed by atoms with Gasteiger partial charge in [-0.05, 0) is 79.1 Å². The molecule has 10 heteroatoms. The Morgan fingerprint density at radius 2 is 1.04 bits per heavy atom. The molecule has 15 rings (SSSR count). The minimum absolute atomic E-state index is 0.0153. The first kappa shape index (κ1) is 40.4. The maximum atomic E-state index is 5.51. The lowest BCUT2D eigenvalue weighted by molar-refractivity contribution is 0.331. The summed E-state index contributed by atoms with van der Waals surface area (Å²) in [7, 11) is 0. The van der Waals surface area contributed by atoms with Crippen LogP contribution in [0.2, 0.25) is 0 Å². The number of anilines is 4. The third-order valence-electron chi connectivity index (χ3n) is 15.9. The van der Waals surface area contributed by atoms with Gasteiger partial charge in [-0.2, -0.15) is 19.9 Å². The van der Waals surface area contributed by atoms with Gasteiger partial charge >= 0.3 is 0 Å². The van der Waals surface area contributed by atoms with E-state index < -0.39 is 0 Å². The van der Waals surface area contributed by atoms with E-state index in [2.05, 4.69) is 191 Å². The Labute approximate surface area is 410 Å². The molecule has 0 spiro atoms. The van der Waals surface area contributed by atoms with Crippen molar-refractivity contribution in [1.82, 2.24) is 39.9 Å². The largest absolute Gasteiger partial charge is 0.354 e. The number of para-hydroxylation sites is 2. The fourth-order valence-electron chi connectivity index (χ4n) is 12.7. The van der Waals surface area contributed by atoms with E-state index in [-0.39, 0.29) is 29.8 Å². The summed E-state index contributed by atoms with van der Waals surface area (Å²) in [6.45, 7) is 2.25. The van der Waals surface area contributed by atoms with Gasteiger partial charge in [-0.1, -0.05) is 147 Å². The van der Waals surface area contributed by atoms with E-state index in [4.69, 9.17) is 29.9 Å². The minimum Gasteiger partial charge on any atom is -0.354 e. The Hall–Kier alpha value is -8.50. The van der Waals surface area contributed by atoms with E-state index >= 15 is 0 Å². The molecule has 5 aliphatic rings. The van der Waals surface area contributed by atoms with Gasteiger partial charge in [0.15, 0.2) is 17.5 Å². The molecule has 0 saturated heterocycles. The molecule has 1 saturated carbocycles. The molecule has 4 aromatic heterocycles. The number of allylic oxidation sites excluding steroid dienone is 8. The standard InChI is InChI=1S/C61H48N10/c1-35-25-27-39(28-26-35)59-65-58(38-19-9-4-10-20-38)68-61(69-59)71-49-32-30-47-53(41-22-12-14-24-45(41)63-47)55(49)43-33-50-42(34-51(43)71)54-48(31-29-46-52(54)40-21-11-13-23-44(40)62-46)70(50)60-66-56(36-15-5-2-6-16-36)64-57(67-60)37-17-7-3-8-18-37/h2-17,19-25,27-32,35,37,42-43,50-51,62-63H,18,26,33-34H2,1H3. The van der Waals surface area contributed by atoms with Crippen LogP contribution in [0.1, 0.15) is 73.1 Å². The summed E-state index contributed by atoms with van der Waals surface area (Å²) in [6, 6.07) is 47.4. The zero-order chi connectivity index (χ0) is 46.7. The van der Waals surface area contributed by atoms with Gasteiger partial charge in [0.05, 0.1) is 0 Å². The molecule has 10 nitrogen and oxygen atoms in total. The predicted octanol–water partition coefficient (Wildman–Crippen LogP) is 13.9. The summed E-state index contributed by atoms with van der Waals surface area (Å²) in [5.41, 5.74) is 12.5. The van der Waals surface area contributed by atoms with Gasteiger partial charge in [0, 0.05) is 102 Å². The maximum absolute atomic E-state index is 5.51. The zero-order valence-corrected chi connectivity index (χ0v) is 39.1. The summed E-state index contributed by atoms with van der Waals surface area (Å²) in [5, 5.41) is 5.00. The second-order valence-electron chi connectivity index (χ2n) is 20.0. The van der Waals surface area contributed by atoms with Gasteiger partial charge in [0.1, 0.15) is 5.82 Å². The number of hydrogen-bond donors (Lipinski definition) is 2. The quantitative estimate of drug-likeness (QED) is 0.169. The highest BCUT2D eigenvalue weighted by atomic mass is 15.3. The molecule has 0 radical (unpaired) electrons. The number of nitrogens with one attached hydrogen (secondary N) is 2. The first-order valence-corrected chi connectivity index (χ1v) is 25.1. The minimum atomic E-state index is 0.0153. The van der Waals surface area contributed by atoms with Crippen molar-refractivity contribution in [2.24, 2.45) is 5.92 Å². The van der Waals surface area contributed by atoms with Crippen molar-refractivity contribution in [2.45, 2.75) is 62.4 Å². The second-order valence-corrected chi connectivity index (χ2v) is 20.0. The van der Waals surface area contributed by atoms with Crippen LogP contribution in [0.25, 0.3) is 72.0 Å². The van der Waals surface area contributed by atoms with Crippen molar-refractivity contribution in [3.05, 3.63) is 199 Å². The van der Waals surface area contributed by atoms with Crippen LogP contribution in [0.5, 0.6) is 0 Å². The monoisotopic (exact) mass is 920 g/mol. The number of hydrogen-bond acceptors (Lipinski definition) is 8. The second kappa shape index (κ2) is 15.8. The van der Waals surface area contributed by atoms with Crippen LogP contribution < -0.4 is 9.80 Å². The van der Waals surface area contributed by atoms with Crippen LogP contribution in [0.15, 0.2) is 176 Å². The van der Waals surface area contributed by atoms with E-state index in [0.717, 1.165) is 81.6 Å². The van der Waals surface area contributed by atoms with Crippen LogP contribution >= 0.6 is 0 Å². The lowest BCUT2D eigenvalue weighted by Gasteiger charge is -2.41. The highest BCUT2D eigenvalue weighted by Crippen LogP contribution is 2.62. The summed E-state index contributed by atoms with van der Waals surface area (Å²) >= 11 is 0. The maximum Gasteiger partial charge on any atom is 0.234 e. The van der Waals surface area contributed by atoms with Crippen molar-refractivity contribution < 1.29 is 0 Å². The van der Waals surface area contributed by atoms with Crippen LogP contribution in [0.4, 0.5) is 23.3 Å². The van der Waals surface area contributed by atoms with Crippen LogP contribution in [0, 0.1) is 5.92 Å². The zero-order valence-electron chi connectivity index (χ0n) is 39.1. The van der Waals surface area contributed by atoms with Crippen molar-refractivity contribution in [3.8, 4) is 22.8 Å². The average molecular weight is 921 g/mol. The third-order valence-corrected chi connectivity index (χ3v) is 15.9. The molecule has 6 heterocycles. The molecule has 10 aromatic rings. The van der Waals surface area contributed by atoms with Gasteiger partial charge in [-0.3, -0.25) is 0 Å². The molecule has 6 atom stereocenters. The first-order chi connectivity index (χ1) is 35.1. The molecule has 342 valence electrons.